The summed E-state index contributed by atoms with van der Waals surface area (Å²) in [5.74, 6) is 0.106. The summed E-state index contributed by atoms with van der Waals surface area (Å²) in [5, 5.41) is 5.51. The third-order valence-corrected chi connectivity index (χ3v) is 3.30. The monoisotopic (exact) mass is 325 g/mol. The summed E-state index contributed by atoms with van der Waals surface area (Å²) in [7, 11) is 0. The van der Waals surface area contributed by atoms with Crippen LogP contribution in [0.15, 0.2) is 53.9 Å². The molecule has 1 atom stereocenters. The number of pyridine rings is 1. The fourth-order valence-corrected chi connectivity index (χ4v) is 2.26. The highest BCUT2D eigenvalue weighted by molar-refractivity contribution is 5.96. The van der Waals surface area contributed by atoms with Crippen LogP contribution in [0.25, 0.3) is 0 Å². The first-order valence-corrected chi connectivity index (χ1v) is 7.28. The first kappa shape index (κ1) is 15.7. The van der Waals surface area contributed by atoms with Gasteiger partial charge in [0.1, 0.15) is 5.75 Å². The van der Waals surface area contributed by atoms with E-state index in [2.05, 4.69) is 10.1 Å². The zero-order valence-electron chi connectivity index (χ0n) is 13.2. The van der Waals surface area contributed by atoms with Crippen LogP contribution >= 0.6 is 0 Å². The van der Waals surface area contributed by atoms with E-state index in [9.17, 15) is 9.59 Å². The Labute approximate surface area is 138 Å². The maximum Gasteiger partial charge on any atom is 0.308 e. The second-order valence-corrected chi connectivity index (χ2v) is 5.14. The van der Waals surface area contributed by atoms with Gasteiger partial charge in [0, 0.05) is 31.8 Å². The minimum absolute atomic E-state index is 0.247. The average Bonchev–Trinajstić information content (AvgIpc) is 3.01. The molecule has 0 radical (unpaired) electrons. The third-order valence-electron chi connectivity index (χ3n) is 3.30. The number of carbonyl (C=O) groups is 2. The van der Waals surface area contributed by atoms with Crippen LogP contribution in [-0.4, -0.2) is 27.8 Å². The molecule has 0 saturated carbocycles. The van der Waals surface area contributed by atoms with Gasteiger partial charge in [0.25, 0.3) is 0 Å². The van der Waals surface area contributed by atoms with Gasteiger partial charge in [-0.1, -0.05) is 0 Å². The van der Waals surface area contributed by atoms with Crippen molar-refractivity contribution in [1.82, 2.24) is 9.99 Å². The van der Waals surface area contributed by atoms with Crippen molar-refractivity contribution in [3.05, 3.63) is 59.9 Å². The molecule has 0 spiro atoms. The number of hydrazone groups is 1. The highest BCUT2D eigenvalue weighted by Gasteiger charge is 2.33. The van der Waals surface area contributed by atoms with Crippen molar-refractivity contribution in [1.29, 1.82) is 0 Å². The normalized spacial score (nSPS) is 16.3. The Balaban J connectivity index is 1.85. The fraction of sp³-hybridized carbons (Fsp3) is 0.176. The van der Waals surface area contributed by atoms with Gasteiger partial charge in [-0.05, 0) is 36.4 Å². The summed E-state index contributed by atoms with van der Waals surface area (Å²) in [4.78, 5) is 26.9. The lowest BCUT2D eigenvalue weighted by atomic mass is 10.2. The van der Waals surface area contributed by atoms with E-state index in [0.717, 1.165) is 0 Å². The van der Waals surface area contributed by atoms with Crippen LogP contribution in [0.5, 0.6) is 5.75 Å². The number of carbonyl (C=O) groups excluding carboxylic acids is 2. The van der Waals surface area contributed by atoms with Gasteiger partial charge in [-0.15, -0.1) is 5.10 Å². The Bertz CT molecular complexity index is 787. The predicted molar refractivity (Wildman–Crippen MR) is 84.9 cm³/mol. The van der Waals surface area contributed by atoms with E-state index in [1.807, 2.05) is 0 Å². The van der Waals surface area contributed by atoms with Crippen LogP contribution in [-0.2, 0) is 14.3 Å². The van der Waals surface area contributed by atoms with Gasteiger partial charge in [0.05, 0.1) is 5.56 Å². The van der Waals surface area contributed by atoms with E-state index in [-0.39, 0.29) is 5.91 Å². The van der Waals surface area contributed by atoms with Gasteiger partial charge in [0.15, 0.2) is 0 Å². The highest BCUT2D eigenvalue weighted by Crippen LogP contribution is 2.31. The number of ether oxygens (including phenoxy) is 2. The number of amides is 1. The van der Waals surface area contributed by atoms with Crippen LogP contribution in [0.3, 0.4) is 0 Å². The van der Waals surface area contributed by atoms with Gasteiger partial charge in [-0.2, -0.15) is 5.01 Å². The van der Waals surface area contributed by atoms with E-state index >= 15 is 0 Å². The summed E-state index contributed by atoms with van der Waals surface area (Å²) in [6.45, 7) is 2.75. The number of rotatable bonds is 3. The van der Waals surface area contributed by atoms with Gasteiger partial charge in [-0.25, -0.2) is 0 Å². The maximum atomic E-state index is 11.9. The van der Waals surface area contributed by atoms with Crippen LogP contribution in [0.1, 0.15) is 31.2 Å². The van der Waals surface area contributed by atoms with Crippen LogP contribution in [0, 0.1) is 0 Å². The molecular formula is C17H15N3O4. The summed E-state index contributed by atoms with van der Waals surface area (Å²) in [6, 6.07) is 10.3. The molecule has 0 fully saturated rings. The molecular weight excluding hydrogens is 310 g/mol. The molecule has 1 aromatic carbocycles. The molecule has 7 nitrogen and oxygen atoms in total. The lowest BCUT2D eigenvalue weighted by Crippen LogP contribution is -2.25. The molecule has 1 amide bonds. The molecule has 1 aromatic heterocycles. The standard InChI is InChI=1S/C17H15N3O4/c1-11(21)20-17(13-5-7-15(8-6-13)23-12(2)22)24-16(19-20)14-4-3-9-18-10-14/h3-10,17H,1-2H3. The number of aromatic nitrogens is 1. The maximum absolute atomic E-state index is 11.9. The smallest absolute Gasteiger partial charge is 0.308 e. The predicted octanol–water partition coefficient (Wildman–Crippen LogP) is 2.25. The molecule has 0 saturated heterocycles. The molecule has 122 valence electrons. The molecule has 1 unspecified atom stereocenters. The Morgan fingerprint density at radius 3 is 2.50 bits per heavy atom. The van der Waals surface area contributed by atoms with Crippen molar-refractivity contribution in [3.8, 4) is 5.75 Å². The van der Waals surface area contributed by atoms with Gasteiger partial charge >= 0.3 is 5.97 Å². The van der Waals surface area contributed by atoms with Crippen molar-refractivity contribution < 1.29 is 19.1 Å². The first-order chi connectivity index (χ1) is 11.5. The first-order valence-electron chi connectivity index (χ1n) is 7.28. The van der Waals surface area contributed by atoms with E-state index in [0.29, 0.717) is 22.8 Å². The lowest BCUT2D eigenvalue weighted by Gasteiger charge is -2.19. The zero-order valence-corrected chi connectivity index (χ0v) is 13.2. The molecule has 1 aliphatic rings. The Morgan fingerprint density at radius 2 is 1.92 bits per heavy atom. The number of esters is 1. The molecule has 7 heteroatoms. The molecule has 24 heavy (non-hydrogen) atoms. The molecule has 0 aliphatic carbocycles. The number of benzene rings is 1. The van der Waals surface area contributed by atoms with Crippen molar-refractivity contribution in [2.45, 2.75) is 20.1 Å². The minimum Gasteiger partial charge on any atom is -0.446 e. The highest BCUT2D eigenvalue weighted by atomic mass is 16.5. The van der Waals surface area contributed by atoms with Crippen molar-refractivity contribution in [2.75, 3.05) is 0 Å². The SMILES string of the molecule is CC(=O)Oc1ccc(C2OC(c3cccnc3)=NN2C(C)=O)cc1. The molecule has 2 heterocycles. The Hall–Kier alpha value is -3.22. The van der Waals surface area contributed by atoms with Crippen molar-refractivity contribution in [2.24, 2.45) is 5.10 Å². The third kappa shape index (κ3) is 3.24. The van der Waals surface area contributed by atoms with Crippen LogP contribution in [0.2, 0.25) is 0 Å². The van der Waals surface area contributed by atoms with E-state index in [1.54, 1.807) is 48.8 Å². The molecule has 0 N–H and O–H groups in total. The second-order valence-electron chi connectivity index (χ2n) is 5.14. The Kier molecular flexibility index (Phi) is 4.24. The van der Waals surface area contributed by atoms with Gasteiger partial charge in [-0.3, -0.25) is 14.6 Å². The molecule has 2 aromatic rings. The van der Waals surface area contributed by atoms with Crippen LogP contribution in [0.4, 0.5) is 0 Å². The number of hydrogen-bond acceptors (Lipinski definition) is 6. The summed E-state index contributed by atoms with van der Waals surface area (Å²) in [6.07, 6.45) is 2.58. The van der Waals surface area contributed by atoms with Gasteiger partial charge in [0.2, 0.25) is 18.0 Å². The molecule has 1 aliphatic heterocycles. The quantitative estimate of drug-likeness (QED) is 0.638. The summed E-state index contributed by atoms with van der Waals surface area (Å²) < 4.78 is 10.8. The summed E-state index contributed by atoms with van der Waals surface area (Å²) in [5.41, 5.74) is 1.39. The van der Waals surface area contributed by atoms with E-state index < -0.39 is 12.2 Å². The lowest BCUT2D eigenvalue weighted by molar-refractivity contribution is -0.135. The minimum atomic E-state index is -0.677. The summed E-state index contributed by atoms with van der Waals surface area (Å²) >= 11 is 0. The second kappa shape index (κ2) is 6.49. The number of nitrogens with zero attached hydrogens (tertiary/aromatic N) is 3. The molecule has 3 rings (SSSR count). The van der Waals surface area contributed by atoms with Crippen molar-refractivity contribution >= 4 is 17.8 Å². The van der Waals surface area contributed by atoms with E-state index in [1.165, 1.54) is 18.9 Å². The molecule has 0 bridgehead atoms. The van der Waals surface area contributed by atoms with E-state index in [4.69, 9.17) is 9.47 Å². The van der Waals surface area contributed by atoms with Gasteiger partial charge < -0.3 is 9.47 Å². The Morgan fingerprint density at radius 1 is 1.17 bits per heavy atom. The average molecular weight is 325 g/mol. The zero-order chi connectivity index (χ0) is 17.1. The van der Waals surface area contributed by atoms with Crippen LogP contribution < -0.4 is 4.74 Å². The van der Waals surface area contributed by atoms with Crippen molar-refractivity contribution in [3.63, 3.8) is 0 Å². The number of hydrogen-bond donors (Lipinski definition) is 0. The largest absolute Gasteiger partial charge is 0.446 e. The topological polar surface area (TPSA) is 81.1 Å². The fourth-order valence-electron chi connectivity index (χ4n) is 2.26.